The zero-order valence-electron chi connectivity index (χ0n) is 15.5. The summed E-state index contributed by atoms with van der Waals surface area (Å²) in [5.74, 6) is 0.288. The van der Waals surface area contributed by atoms with E-state index in [1.54, 1.807) is 0 Å². The van der Waals surface area contributed by atoms with Crippen LogP contribution in [-0.4, -0.2) is 0 Å². The van der Waals surface area contributed by atoms with Gasteiger partial charge < -0.3 is 4.42 Å². The molecule has 0 unspecified atom stereocenters. The van der Waals surface area contributed by atoms with Crippen molar-refractivity contribution in [3.05, 3.63) is 65.4 Å². The summed E-state index contributed by atoms with van der Waals surface area (Å²) in [6, 6.07) is 16.8. The molecule has 0 N–H and O–H groups in total. The molecule has 0 radical (unpaired) electrons. The predicted octanol–water partition coefficient (Wildman–Crippen LogP) is 5.38. The van der Waals surface area contributed by atoms with Crippen LogP contribution in [0.1, 0.15) is 36.5 Å². The minimum absolute atomic E-state index is 0.288. The molecule has 0 bridgehead atoms. The number of pyridine rings is 1. The number of rotatable bonds is 2. The summed E-state index contributed by atoms with van der Waals surface area (Å²) < 4.78 is 8.20. The van der Waals surface area contributed by atoms with Gasteiger partial charge >= 0.3 is 0 Å². The average Bonchev–Trinajstić information content (AvgIpc) is 2.96. The van der Waals surface area contributed by atoms with Gasteiger partial charge in [0.05, 0.1) is 11.6 Å². The molecular weight excluding hydrogens is 320 g/mol. The number of fused-ring (bicyclic) bond motifs is 3. The van der Waals surface area contributed by atoms with Crippen LogP contribution < -0.4 is 4.57 Å². The standard InChI is InChI=1S/C23H21N2O/c1-14(2)17-11-19-20-12-18(21-7-5-6-8-25(21)4)15(3)9-22(20)26-23(19)10-16(17)13-24/h5-12,14H,1-4H3/q+1. The van der Waals surface area contributed by atoms with Gasteiger partial charge in [-0.3, -0.25) is 0 Å². The number of nitrogens with zero attached hydrogens (tertiary/aromatic N) is 2. The molecule has 0 aliphatic rings. The van der Waals surface area contributed by atoms with Crippen molar-refractivity contribution in [2.24, 2.45) is 7.05 Å². The Kier molecular flexibility index (Phi) is 3.77. The van der Waals surface area contributed by atoms with E-state index in [0.717, 1.165) is 27.5 Å². The van der Waals surface area contributed by atoms with Crippen LogP contribution in [0.2, 0.25) is 0 Å². The van der Waals surface area contributed by atoms with Crippen molar-refractivity contribution in [3.8, 4) is 17.3 Å². The minimum atomic E-state index is 0.288. The third-order valence-electron chi connectivity index (χ3n) is 5.06. The van der Waals surface area contributed by atoms with Crippen LogP contribution in [0.3, 0.4) is 0 Å². The van der Waals surface area contributed by atoms with Crippen molar-refractivity contribution in [2.75, 3.05) is 0 Å². The monoisotopic (exact) mass is 341 g/mol. The summed E-state index contributed by atoms with van der Waals surface area (Å²) in [5, 5.41) is 11.6. The second-order valence-corrected chi connectivity index (χ2v) is 7.16. The highest BCUT2D eigenvalue weighted by Crippen LogP contribution is 2.36. The quantitative estimate of drug-likeness (QED) is 0.459. The lowest BCUT2D eigenvalue weighted by molar-refractivity contribution is -0.660. The molecule has 0 saturated carbocycles. The summed E-state index contributed by atoms with van der Waals surface area (Å²) in [6.07, 6.45) is 2.06. The zero-order chi connectivity index (χ0) is 18.4. The van der Waals surface area contributed by atoms with Crippen molar-refractivity contribution < 1.29 is 8.98 Å². The van der Waals surface area contributed by atoms with E-state index >= 15 is 0 Å². The summed E-state index contributed by atoms with van der Waals surface area (Å²) in [6.45, 7) is 6.34. The number of hydrogen-bond acceptors (Lipinski definition) is 2. The average molecular weight is 341 g/mol. The van der Waals surface area contributed by atoms with Gasteiger partial charge in [-0.2, -0.15) is 5.26 Å². The molecule has 26 heavy (non-hydrogen) atoms. The van der Waals surface area contributed by atoms with E-state index in [0.29, 0.717) is 5.56 Å². The molecule has 0 fully saturated rings. The van der Waals surface area contributed by atoms with Crippen LogP contribution in [0.4, 0.5) is 0 Å². The smallest absolute Gasteiger partial charge is 0.212 e. The van der Waals surface area contributed by atoms with Crippen molar-refractivity contribution >= 4 is 21.9 Å². The van der Waals surface area contributed by atoms with E-state index in [1.165, 1.54) is 16.8 Å². The van der Waals surface area contributed by atoms with Gasteiger partial charge in [0.25, 0.3) is 0 Å². The molecule has 128 valence electrons. The molecule has 4 rings (SSSR count). The molecule has 4 aromatic rings. The van der Waals surface area contributed by atoms with Crippen LogP contribution in [0.5, 0.6) is 0 Å². The van der Waals surface area contributed by atoms with E-state index in [1.807, 2.05) is 12.1 Å². The first-order valence-corrected chi connectivity index (χ1v) is 8.85. The van der Waals surface area contributed by atoms with Crippen LogP contribution in [0.15, 0.2) is 53.1 Å². The fourth-order valence-corrected chi connectivity index (χ4v) is 3.64. The van der Waals surface area contributed by atoms with Crippen LogP contribution in [0.25, 0.3) is 33.2 Å². The van der Waals surface area contributed by atoms with Crippen LogP contribution in [-0.2, 0) is 7.05 Å². The van der Waals surface area contributed by atoms with Crippen LogP contribution in [0, 0.1) is 18.3 Å². The second-order valence-electron chi connectivity index (χ2n) is 7.16. The van der Waals surface area contributed by atoms with E-state index < -0.39 is 0 Å². The van der Waals surface area contributed by atoms with E-state index in [9.17, 15) is 5.26 Å². The lowest BCUT2D eigenvalue weighted by atomic mass is 9.94. The van der Waals surface area contributed by atoms with Gasteiger partial charge in [0.1, 0.15) is 18.2 Å². The van der Waals surface area contributed by atoms with Gasteiger partial charge in [0, 0.05) is 28.5 Å². The first kappa shape index (κ1) is 16.4. The van der Waals surface area contributed by atoms with Gasteiger partial charge in [0.2, 0.25) is 5.69 Å². The summed E-state index contributed by atoms with van der Waals surface area (Å²) in [7, 11) is 2.06. The van der Waals surface area contributed by atoms with E-state index in [-0.39, 0.29) is 5.92 Å². The van der Waals surface area contributed by atoms with Crippen molar-refractivity contribution in [1.29, 1.82) is 5.26 Å². The molecular formula is C23H21N2O+. The molecule has 2 aromatic carbocycles. The predicted molar refractivity (Wildman–Crippen MR) is 104 cm³/mol. The van der Waals surface area contributed by atoms with E-state index in [2.05, 4.69) is 75.0 Å². The maximum absolute atomic E-state index is 9.47. The van der Waals surface area contributed by atoms with E-state index in [4.69, 9.17) is 4.42 Å². The Balaban J connectivity index is 2.06. The van der Waals surface area contributed by atoms with Gasteiger partial charge in [-0.25, -0.2) is 4.57 Å². The van der Waals surface area contributed by atoms with Crippen molar-refractivity contribution in [3.63, 3.8) is 0 Å². The maximum atomic E-state index is 9.47. The highest BCUT2D eigenvalue weighted by atomic mass is 16.3. The normalized spacial score (nSPS) is 11.4. The molecule has 3 nitrogen and oxygen atoms in total. The van der Waals surface area contributed by atoms with Crippen molar-refractivity contribution in [2.45, 2.75) is 26.7 Å². The Labute approximate surface area is 153 Å². The summed E-state index contributed by atoms with van der Waals surface area (Å²) in [4.78, 5) is 0. The first-order chi connectivity index (χ1) is 12.5. The highest BCUT2D eigenvalue weighted by Gasteiger charge is 2.18. The number of furan rings is 1. The summed E-state index contributed by atoms with van der Waals surface area (Å²) >= 11 is 0. The first-order valence-electron chi connectivity index (χ1n) is 8.85. The van der Waals surface area contributed by atoms with Gasteiger partial charge in [-0.15, -0.1) is 0 Å². The Morgan fingerprint density at radius 2 is 1.77 bits per heavy atom. The molecule has 0 atom stereocenters. The molecule has 2 aromatic heterocycles. The lowest BCUT2D eigenvalue weighted by Gasteiger charge is -2.07. The highest BCUT2D eigenvalue weighted by molar-refractivity contribution is 6.07. The third kappa shape index (κ3) is 2.46. The molecule has 0 aliphatic carbocycles. The fraction of sp³-hybridized carbons (Fsp3) is 0.217. The number of benzene rings is 2. The Morgan fingerprint density at radius 3 is 2.46 bits per heavy atom. The van der Waals surface area contributed by atoms with Gasteiger partial charge in [-0.05, 0) is 54.3 Å². The number of aryl methyl sites for hydroxylation is 2. The zero-order valence-corrected chi connectivity index (χ0v) is 15.5. The number of hydrogen-bond donors (Lipinski definition) is 0. The lowest BCUT2D eigenvalue weighted by Crippen LogP contribution is -2.30. The SMILES string of the molecule is Cc1cc2oc3cc(C#N)c(C(C)C)cc3c2cc1-c1cccc[n+]1C. The van der Waals surface area contributed by atoms with Gasteiger partial charge in [-0.1, -0.05) is 13.8 Å². The number of aromatic nitrogens is 1. The van der Waals surface area contributed by atoms with Crippen molar-refractivity contribution in [1.82, 2.24) is 0 Å². The Morgan fingerprint density at radius 1 is 1.04 bits per heavy atom. The molecule has 0 aliphatic heterocycles. The number of nitriles is 1. The third-order valence-corrected chi connectivity index (χ3v) is 5.06. The minimum Gasteiger partial charge on any atom is -0.456 e. The fourth-order valence-electron chi connectivity index (χ4n) is 3.64. The largest absolute Gasteiger partial charge is 0.456 e. The molecule has 2 heterocycles. The molecule has 0 amide bonds. The maximum Gasteiger partial charge on any atom is 0.212 e. The van der Waals surface area contributed by atoms with Crippen LogP contribution >= 0.6 is 0 Å². The topological polar surface area (TPSA) is 40.8 Å². The molecule has 3 heteroatoms. The Hall–Kier alpha value is -3.12. The molecule has 0 saturated heterocycles. The van der Waals surface area contributed by atoms with Gasteiger partial charge in [0.15, 0.2) is 6.20 Å². The molecule has 0 spiro atoms. The summed E-state index contributed by atoms with van der Waals surface area (Å²) in [5.41, 5.74) is 6.92. The second kappa shape index (κ2) is 6.00. The Bertz CT molecular complexity index is 1190.